The van der Waals surface area contributed by atoms with Crippen LogP contribution in [0.15, 0.2) is 53.5 Å². The van der Waals surface area contributed by atoms with Crippen molar-refractivity contribution in [3.05, 3.63) is 64.6 Å². The SMILES string of the molecule is O=c1ccc2cc(-c3ccc(C(F)(F)F)cn3)ccc2[nH]1. The molecule has 0 saturated heterocycles. The monoisotopic (exact) mass is 290 g/mol. The first-order valence-electron chi connectivity index (χ1n) is 6.10. The average molecular weight is 290 g/mol. The molecule has 0 radical (unpaired) electrons. The summed E-state index contributed by atoms with van der Waals surface area (Å²) in [6.07, 6.45) is -3.58. The fourth-order valence-corrected chi connectivity index (χ4v) is 2.05. The van der Waals surface area contributed by atoms with Crippen molar-refractivity contribution in [1.29, 1.82) is 0 Å². The lowest BCUT2D eigenvalue weighted by atomic mass is 10.1. The predicted molar refractivity (Wildman–Crippen MR) is 72.8 cm³/mol. The summed E-state index contributed by atoms with van der Waals surface area (Å²) in [7, 11) is 0. The molecule has 0 aliphatic carbocycles. The van der Waals surface area contributed by atoms with E-state index in [9.17, 15) is 18.0 Å². The number of benzene rings is 1. The maximum Gasteiger partial charge on any atom is 0.417 e. The molecule has 0 bridgehead atoms. The van der Waals surface area contributed by atoms with Crippen LogP contribution < -0.4 is 5.56 Å². The van der Waals surface area contributed by atoms with Crippen LogP contribution in [0.5, 0.6) is 0 Å². The molecule has 0 saturated carbocycles. The van der Waals surface area contributed by atoms with Gasteiger partial charge in [-0.2, -0.15) is 13.2 Å². The first kappa shape index (κ1) is 13.4. The van der Waals surface area contributed by atoms with E-state index in [-0.39, 0.29) is 5.56 Å². The number of aromatic nitrogens is 2. The minimum atomic E-state index is -4.39. The fraction of sp³-hybridized carbons (Fsp3) is 0.0667. The van der Waals surface area contributed by atoms with Crippen LogP contribution in [0.25, 0.3) is 22.2 Å². The molecular formula is C15H9F3N2O. The van der Waals surface area contributed by atoms with Crippen LogP contribution in [0, 0.1) is 0 Å². The Balaban J connectivity index is 2.04. The second kappa shape index (κ2) is 4.73. The molecule has 3 rings (SSSR count). The maximum atomic E-state index is 12.5. The quantitative estimate of drug-likeness (QED) is 0.744. The molecule has 1 aromatic carbocycles. The lowest BCUT2D eigenvalue weighted by molar-refractivity contribution is -0.137. The standard InChI is InChI=1S/C15H9F3N2O/c16-15(17,18)11-3-5-12(19-8-11)9-1-4-13-10(7-9)2-6-14(21)20-13/h1-8H,(H,20,21). The zero-order chi connectivity index (χ0) is 15.0. The molecule has 21 heavy (non-hydrogen) atoms. The van der Waals surface area contributed by atoms with Gasteiger partial charge in [-0.05, 0) is 35.7 Å². The Kier molecular flexibility index (Phi) is 3.01. The van der Waals surface area contributed by atoms with Crippen molar-refractivity contribution in [3.8, 4) is 11.3 Å². The van der Waals surface area contributed by atoms with E-state index in [1.165, 1.54) is 12.1 Å². The van der Waals surface area contributed by atoms with E-state index in [4.69, 9.17) is 0 Å². The topological polar surface area (TPSA) is 45.8 Å². The van der Waals surface area contributed by atoms with Crippen molar-refractivity contribution in [1.82, 2.24) is 9.97 Å². The molecule has 2 aromatic heterocycles. The van der Waals surface area contributed by atoms with Gasteiger partial charge >= 0.3 is 6.18 Å². The van der Waals surface area contributed by atoms with Crippen LogP contribution in [0.2, 0.25) is 0 Å². The Bertz CT molecular complexity index is 851. The number of hydrogen-bond donors (Lipinski definition) is 1. The van der Waals surface area contributed by atoms with Gasteiger partial charge in [-0.3, -0.25) is 9.78 Å². The molecule has 0 amide bonds. The number of fused-ring (bicyclic) bond motifs is 1. The fourth-order valence-electron chi connectivity index (χ4n) is 2.05. The second-order valence-electron chi connectivity index (χ2n) is 4.55. The number of halogens is 3. The van der Waals surface area contributed by atoms with Crippen molar-refractivity contribution < 1.29 is 13.2 Å². The molecule has 3 nitrogen and oxygen atoms in total. The molecule has 3 aromatic rings. The van der Waals surface area contributed by atoms with E-state index in [0.717, 1.165) is 17.6 Å². The third kappa shape index (κ3) is 2.65. The van der Waals surface area contributed by atoms with Gasteiger partial charge < -0.3 is 4.98 Å². The normalized spacial score (nSPS) is 11.8. The highest BCUT2D eigenvalue weighted by Crippen LogP contribution is 2.30. The highest BCUT2D eigenvalue weighted by atomic mass is 19.4. The van der Waals surface area contributed by atoms with Crippen molar-refractivity contribution in [2.24, 2.45) is 0 Å². The third-order valence-corrected chi connectivity index (χ3v) is 3.11. The van der Waals surface area contributed by atoms with Crippen LogP contribution in [0.3, 0.4) is 0 Å². The van der Waals surface area contributed by atoms with Gasteiger partial charge in [-0.15, -0.1) is 0 Å². The van der Waals surface area contributed by atoms with E-state index < -0.39 is 11.7 Å². The smallest absolute Gasteiger partial charge is 0.322 e. The summed E-state index contributed by atoms with van der Waals surface area (Å²) in [6.45, 7) is 0. The molecule has 2 heterocycles. The molecule has 106 valence electrons. The van der Waals surface area contributed by atoms with Crippen molar-refractivity contribution >= 4 is 10.9 Å². The van der Waals surface area contributed by atoms with Crippen LogP contribution in [0.4, 0.5) is 13.2 Å². The Labute approximate surface area is 117 Å². The van der Waals surface area contributed by atoms with Gasteiger partial charge in [0, 0.05) is 23.3 Å². The summed E-state index contributed by atoms with van der Waals surface area (Å²) in [5.74, 6) is 0. The van der Waals surface area contributed by atoms with Gasteiger partial charge in [0.2, 0.25) is 5.56 Å². The number of hydrogen-bond acceptors (Lipinski definition) is 2. The minimum Gasteiger partial charge on any atom is -0.322 e. The predicted octanol–water partition coefficient (Wildman–Crippen LogP) is 3.61. The summed E-state index contributed by atoms with van der Waals surface area (Å²) in [4.78, 5) is 17.7. The van der Waals surface area contributed by atoms with Gasteiger partial charge in [0.1, 0.15) is 0 Å². The van der Waals surface area contributed by atoms with Gasteiger partial charge in [0.15, 0.2) is 0 Å². The number of H-pyrrole nitrogens is 1. The molecule has 0 spiro atoms. The van der Waals surface area contributed by atoms with Gasteiger partial charge in [-0.25, -0.2) is 0 Å². The van der Waals surface area contributed by atoms with Crippen LogP contribution in [0.1, 0.15) is 5.56 Å². The van der Waals surface area contributed by atoms with Crippen LogP contribution in [-0.2, 0) is 6.18 Å². The summed E-state index contributed by atoms with van der Waals surface area (Å²) in [5, 5.41) is 0.786. The molecule has 0 aliphatic rings. The zero-order valence-corrected chi connectivity index (χ0v) is 10.6. The van der Waals surface area contributed by atoms with Crippen LogP contribution >= 0.6 is 0 Å². The molecule has 0 atom stereocenters. The van der Waals surface area contributed by atoms with E-state index >= 15 is 0 Å². The molecule has 1 N–H and O–H groups in total. The maximum absolute atomic E-state index is 12.5. The van der Waals surface area contributed by atoms with Crippen LogP contribution in [-0.4, -0.2) is 9.97 Å². The average Bonchev–Trinajstić information content (AvgIpc) is 2.46. The second-order valence-corrected chi connectivity index (χ2v) is 4.55. The minimum absolute atomic E-state index is 0.206. The third-order valence-electron chi connectivity index (χ3n) is 3.11. The zero-order valence-electron chi connectivity index (χ0n) is 10.6. The van der Waals surface area contributed by atoms with E-state index in [1.807, 2.05) is 0 Å². The largest absolute Gasteiger partial charge is 0.417 e. The molecule has 0 aliphatic heterocycles. The van der Waals surface area contributed by atoms with Gasteiger partial charge in [-0.1, -0.05) is 6.07 Å². The summed E-state index contributed by atoms with van der Waals surface area (Å²) in [6, 6.07) is 10.5. The van der Waals surface area contributed by atoms with Gasteiger partial charge in [0.05, 0.1) is 11.3 Å². The molecule has 0 unspecified atom stereocenters. The molecular weight excluding hydrogens is 281 g/mol. The summed E-state index contributed by atoms with van der Waals surface area (Å²) >= 11 is 0. The molecule has 6 heteroatoms. The number of alkyl halides is 3. The number of nitrogens with zero attached hydrogens (tertiary/aromatic N) is 1. The summed E-state index contributed by atoms with van der Waals surface area (Å²) < 4.78 is 37.5. The number of rotatable bonds is 1. The number of pyridine rings is 2. The number of nitrogens with one attached hydrogen (secondary N) is 1. The van der Waals surface area contributed by atoms with Crippen molar-refractivity contribution in [3.63, 3.8) is 0 Å². The highest BCUT2D eigenvalue weighted by Gasteiger charge is 2.30. The Hall–Kier alpha value is -2.63. The van der Waals surface area contributed by atoms with Crippen molar-refractivity contribution in [2.45, 2.75) is 6.18 Å². The first-order chi connectivity index (χ1) is 9.93. The summed E-state index contributed by atoms with van der Waals surface area (Å²) in [5.41, 5.74) is 0.803. The highest BCUT2D eigenvalue weighted by molar-refractivity contribution is 5.83. The Morgan fingerprint density at radius 2 is 1.81 bits per heavy atom. The molecule has 0 fully saturated rings. The first-order valence-corrected chi connectivity index (χ1v) is 6.10. The number of aromatic amines is 1. The van der Waals surface area contributed by atoms with E-state index in [0.29, 0.717) is 16.8 Å². The Morgan fingerprint density at radius 1 is 1.00 bits per heavy atom. The van der Waals surface area contributed by atoms with Gasteiger partial charge in [0.25, 0.3) is 0 Å². The lowest BCUT2D eigenvalue weighted by Crippen LogP contribution is -2.05. The van der Waals surface area contributed by atoms with E-state index in [1.54, 1.807) is 24.3 Å². The van der Waals surface area contributed by atoms with Crippen molar-refractivity contribution in [2.75, 3.05) is 0 Å². The lowest BCUT2D eigenvalue weighted by Gasteiger charge is -2.07. The Morgan fingerprint density at radius 3 is 2.48 bits per heavy atom. The van der Waals surface area contributed by atoms with E-state index in [2.05, 4.69) is 9.97 Å².